The summed E-state index contributed by atoms with van der Waals surface area (Å²) in [5.41, 5.74) is 5.49. The Labute approximate surface area is 119 Å². The second-order valence-electron chi connectivity index (χ2n) is 3.92. The van der Waals surface area contributed by atoms with Crippen molar-refractivity contribution in [1.29, 1.82) is 0 Å². The van der Waals surface area contributed by atoms with Crippen molar-refractivity contribution in [3.8, 4) is 0 Å². The van der Waals surface area contributed by atoms with E-state index in [2.05, 4.69) is 15.9 Å². The Bertz CT molecular complexity index is 597. The molecule has 0 spiro atoms. The van der Waals surface area contributed by atoms with Gasteiger partial charge in [-0.1, -0.05) is 0 Å². The average molecular weight is 352 g/mol. The number of anilines is 1. The van der Waals surface area contributed by atoms with E-state index in [9.17, 15) is 18.3 Å². The monoisotopic (exact) mass is 351 g/mol. The van der Waals surface area contributed by atoms with E-state index in [0.29, 0.717) is 10.0 Å². The van der Waals surface area contributed by atoms with Crippen molar-refractivity contribution in [2.45, 2.75) is 12.3 Å². The molecule has 2 rings (SSSR count). The van der Waals surface area contributed by atoms with Gasteiger partial charge in [0.2, 0.25) is 0 Å². The minimum atomic E-state index is -4.46. The lowest BCUT2D eigenvalue weighted by atomic mass is 10.00. The third kappa shape index (κ3) is 2.93. The highest BCUT2D eigenvalue weighted by Crippen LogP contribution is 2.37. The van der Waals surface area contributed by atoms with Crippen LogP contribution in [0, 0.1) is 0 Å². The van der Waals surface area contributed by atoms with Crippen molar-refractivity contribution in [2.75, 3.05) is 5.73 Å². The van der Waals surface area contributed by atoms with Crippen LogP contribution >= 0.6 is 27.3 Å². The maximum atomic E-state index is 12.7. The number of nitrogen functional groups attached to an aromatic ring is 1. The van der Waals surface area contributed by atoms with Crippen molar-refractivity contribution >= 4 is 33.0 Å². The summed E-state index contributed by atoms with van der Waals surface area (Å²) >= 11 is 4.57. The maximum absolute atomic E-state index is 12.7. The van der Waals surface area contributed by atoms with E-state index in [1.807, 2.05) is 0 Å². The summed E-state index contributed by atoms with van der Waals surface area (Å²) < 4.78 is 38.6. The summed E-state index contributed by atoms with van der Waals surface area (Å²) in [6, 6.07) is 2.93. The van der Waals surface area contributed by atoms with Crippen molar-refractivity contribution in [2.24, 2.45) is 0 Å². The number of hydrogen-bond donors (Lipinski definition) is 2. The molecule has 2 nitrogen and oxygen atoms in total. The summed E-state index contributed by atoms with van der Waals surface area (Å²) in [5, 5.41) is 13.6. The molecule has 19 heavy (non-hydrogen) atoms. The summed E-state index contributed by atoms with van der Waals surface area (Å²) in [5.74, 6) is 0. The third-order valence-electron chi connectivity index (χ3n) is 2.65. The van der Waals surface area contributed by atoms with Crippen LogP contribution in [0.4, 0.5) is 18.9 Å². The summed E-state index contributed by atoms with van der Waals surface area (Å²) in [7, 11) is 0. The zero-order valence-corrected chi connectivity index (χ0v) is 11.8. The molecular formula is C12H9BrF3NOS. The minimum absolute atomic E-state index is 0.0499. The Morgan fingerprint density at radius 2 is 1.89 bits per heavy atom. The molecule has 1 aromatic heterocycles. The van der Waals surface area contributed by atoms with Gasteiger partial charge < -0.3 is 10.8 Å². The summed E-state index contributed by atoms with van der Waals surface area (Å²) in [4.78, 5) is 0. The van der Waals surface area contributed by atoms with Crippen molar-refractivity contribution < 1.29 is 18.3 Å². The largest absolute Gasteiger partial charge is 0.416 e. The first-order chi connectivity index (χ1) is 8.80. The predicted molar refractivity (Wildman–Crippen MR) is 71.9 cm³/mol. The summed E-state index contributed by atoms with van der Waals surface area (Å²) in [6.07, 6.45) is -5.66. The molecule has 1 aromatic carbocycles. The van der Waals surface area contributed by atoms with Gasteiger partial charge >= 0.3 is 6.18 Å². The highest BCUT2D eigenvalue weighted by molar-refractivity contribution is 9.10. The van der Waals surface area contributed by atoms with Crippen LogP contribution < -0.4 is 5.73 Å². The number of nitrogens with two attached hydrogens (primary N) is 1. The van der Waals surface area contributed by atoms with Gasteiger partial charge in [0, 0.05) is 26.7 Å². The third-order valence-corrected chi connectivity index (χ3v) is 4.40. The molecule has 0 fully saturated rings. The second-order valence-corrected chi connectivity index (χ2v) is 5.52. The van der Waals surface area contributed by atoms with Gasteiger partial charge in [0.25, 0.3) is 0 Å². The van der Waals surface area contributed by atoms with Gasteiger partial charge in [-0.15, -0.1) is 0 Å². The number of alkyl halides is 3. The van der Waals surface area contributed by atoms with Gasteiger partial charge in [-0.25, -0.2) is 0 Å². The summed E-state index contributed by atoms with van der Waals surface area (Å²) in [6.45, 7) is 0. The van der Waals surface area contributed by atoms with Gasteiger partial charge in [0.05, 0.1) is 5.56 Å². The highest BCUT2D eigenvalue weighted by atomic mass is 79.9. The van der Waals surface area contributed by atoms with Gasteiger partial charge in [0.1, 0.15) is 6.10 Å². The van der Waals surface area contributed by atoms with E-state index < -0.39 is 17.8 Å². The van der Waals surface area contributed by atoms with Crippen LogP contribution in [-0.2, 0) is 6.18 Å². The molecule has 3 N–H and O–H groups in total. The molecule has 102 valence electrons. The van der Waals surface area contributed by atoms with E-state index in [0.717, 1.165) is 18.2 Å². The second kappa shape index (κ2) is 5.15. The molecule has 1 atom stereocenters. The zero-order chi connectivity index (χ0) is 14.2. The fraction of sp³-hybridized carbons (Fsp3) is 0.167. The topological polar surface area (TPSA) is 46.2 Å². The van der Waals surface area contributed by atoms with E-state index in [1.165, 1.54) is 11.3 Å². The van der Waals surface area contributed by atoms with Crippen molar-refractivity contribution in [3.05, 3.63) is 50.1 Å². The quantitative estimate of drug-likeness (QED) is 0.796. The Morgan fingerprint density at radius 3 is 2.42 bits per heavy atom. The number of thiophene rings is 1. The zero-order valence-electron chi connectivity index (χ0n) is 9.41. The number of hydrogen-bond acceptors (Lipinski definition) is 3. The Morgan fingerprint density at radius 1 is 1.21 bits per heavy atom. The Kier molecular flexibility index (Phi) is 3.89. The molecular weight excluding hydrogens is 343 g/mol. The molecule has 0 bridgehead atoms. The molecule has 0 amide bonds. The van der Waals surface area contributed by atoms with E-state index in [1.54, 1.807) is 10.8 Å². The lowest BCUT2D eigenvalue weighted by molar-refractivity contribution is -0.137. The molecule has 0 saturated carbocycles. The highest BCUT2D eigenvalue weighted by Gasteiger charge is 2.31. The van der Waals surface area contributed by atoms with Gasteiger partial charge in [-0.2, -0.15) is 24.5 Å². The van der Waals surface area contributed by atoms with Crippen molar-refractivity contribution in [3.63, 3.8) is 0 Å². The lowest BCUT2D eigenvalue weighted by Gasteiger charge is -2.16. The Hall–Kier alpha value is -1.05. The first-order valence-electron chi connectivity index (χ1n) is 5.17. The van der Waals surface area contributed by atoms with Crippen LogP contribution in [0.1, 0.15) is 22.8 Å². The number of aliphatic hydroxyl groups is 1. The molecule has 0 saturated heterocycles. The van der Waals surface area contributed by atoms with E-state index >= 15 is 0 Å². The van der Waals surface area contributed by atoms with Crippen LogP contribution in [0.15, 0.2) is 33.4 Å². The molecule has 1 unspecified atom stereocenters. The fourth-order valence-electron chi connectivity index (χ4n) is 1.64. The Balaban J connectivity index is 2.47. The molecule has 0 aliphatic heterocycles. The molecule has 0 radical (unpaired) electrons. The molecule has 0 aliphatic rings. The number of aliphatic hydroxyl groups excluding tert-OH is 1. The number of halogens is 4. The minimum Gasteiger partial charge on any atom is -0.398 e. The fourth-order valence-corrected chi connectivity index (χ4v) is 3.17. The number of rotatable bonds is 2. The van der Waals surface area contributed by atoms with Crippen LogP contribution in [-0.4, -0.2) is 5.11 Å². The maximum Gasteiger partial charge on any atom is 0.416 e. The van der Waals surface area contributed by atoms with Crippen LogP contribution in [0.3, 0.4) is 0 Å². The number of benzene rings is 1. The van der Waals surface area contributed by atoms with Gasteiger partial charge in [-0.3, -0.25) is 0 Å². The van der Waals surface area contributed by atoms with Gasteiger partial charge in [0.15, 0.2) is 0 Å². The molecule has 1 heterocycles. The van der Waals surface area contributed by atoms with Crippen LogP contribution in [0.5, 0.6) is 0 Å². The first-order valence-corrected chi connectivity index (χ1v) is 6.90. The normalized spacial score (nSPS) is 13.5. The van der Waals surface area contributed by atoms with Crippen LogP contribution in [0.2, 0.25) is 0 Å². The molecule has 0 aliphatic carbocycles. The first kappa shape index (κ1) is 14.4. The van der Waals surface area contributed by atoms with Gasteiger partial charge in [-0.05, 0) is 39.5 Å². The van der Waals surface area contributed by atoms with Crippen LogP contribution in [0.25, 0.3) is 0 Å². The SMILES string of the molecule is Nc1ccc(C(F)(F)F)cc1C(O)c1cscc1Br. The van der Waals surface area contributed by atoms with E-state index in [-0.39, 0.29) is 11.3 Å². The van der Waals surface area contributed by atoms with Crippen molar-refractivity contribution in [1.82, 2.24) is 0 Å². The smallest absolute Gasteiger partial charge is 0.398 e. The molecule has 2 aromatic rings. The predicted octanol–water partition coefficient (Wildman–Crippen LogP) is 4.19. The average Bonchev–Trinajstić information content (AvgIpc) is 2.73. The molecule has 7 heteroatoms. The van der Waals surface area contributed by atoms with E-state index in [4.69, 9.17) is 5.73 Å². The lowest BCUT2D eigenvalue weighted by Crippen LogP contribution is -2.09. The standard InChI is InChI=1S/C12H9BrF3NOS/c13-9-5-19-4-8(9)11(18)7-3-6(12(14,15)16)1-2-10(7)17/h1-5,11,18H,17H2.